The summed E-state index contributed by atoms with van der Waals surface area (Å²) < 4.78 is 15.8. The molecule has 0 saturated carbocycles. The molecule has 1 amide bonds. The lowest BCUT2D eigenvalue weighted by molar-refractivity contribution is 0.187. The molecule has 34 heavy (non-hydrogen) atoms. The average Bonchev–Trinajstić information content (AvgIpc) is 3.23. The van der Waals surface area contributed by atoms with Crippen LogP contribution in [0.4, 0.5) is 26.5 Å². The number of hydrogen-bond acceptors (Lipinski definition) is 7. The molecule has 0 radical (unpaired) electrons. The summed E-state index contributed by atoms with van der Waals surface area (Å²) in [4.78, 5) is 26.1. The lowest BCUT2D eigenvalue weighted by Gasteiger charge is -2.40. The van der Waals surface area contributed by atoms with E-state index in [-0.39, 0.29) is 17.8 Å². The van der Waals surface area contributed by atoms with Gasteiger partial charge >= 0.3 is 6.09 Å². The zero-order valence-electron chi connectivity index (χ0n) is 18.4. The molecule has 4 aromatic rings. The topological polar surface area (TPSA) is 121 Å². The number of carbonyl (C=O) groups is 1. The van der Waals surface area contributed by atoms with Crippen molar-refractivity contribution in [1.82, 2.24) is 29.9 Å². The van der Waals surface area contributed by atoms with Gasteiger partial charge in [0.25, 0.3) is 0 Å². The summed E-state index contributed by atoms with van der Waals surface area (Å²) in [5.41, 5.74) is 2.85. The summed E-state index contributed by atoms with van der Waals surface area (Å²) >= 11 is 0. The molecule has 1 aliphatic rings. The minimum absolute atomic E-state index is 0.158. The summed E-state index contributed by atoms with van der Waals surface area (Å²) in [6.45, 7) is 2.65. The first kappa shape index (κ1) is 21.6. The second-order valence-corrected chi connectivity index (χ2v) is 8.21. The van der Waals surface area contributed by atoms with Crippen molar-refractivity contribution in [2.45, 2.75) is 31.8 Å². The van der Waals surface area contributed by atoms with Gasteiger partial charge in [0.1, 0.15) is 11.4 Å². The van der Waals surface area contributed by atoms with Crippen LogP contribution in [-0.4, -0.2) is 54.4 Å². The second kappa shape index (κ2) is 8.93. The van der Waals surface area contributed by atoms with Gasteiger partial charge in [0.2, 0.25) is 5.95 Å². The van der Waals surface area contributed by atoms with Gasteiger partial charge in [-0.2, -0.15) is 9.61 Å². The predicted octanol–water partition coefficient (Wildman–Crippen LogP) is 3.69. The van der Waals surface area contributed by atoms with Gasteiger partial charge in [-0.1, -0.05) is 0 Å². The largest absolute Gasteiger partial charge is 0.465 e. The number of carboxylic acid groups (broad SMARTS) is 1. The lowest BCUT2D eigenvalue weighted by atomic mass is 9.98. The molecule has 0 aromatic carbocycles. The SMILES string of the molecule is CC1CCC(NC(=O)O)CN1c1ccncc1Nc1ncc2ccc(-c3ncccc3F)nn12. The molecule has 0 bridgehead atoms. The molecule has 4 aromatic heterocycles. The van der Waals surface area contributed by atoms with Crippen LogP contribution in [0.15, 0.2) is 55.1 Å². The summed E-state index contributed by atoms with van der Waals surface area (Å²) in [5.74, 6) is -0.0190. The van der Waals surface area contributed by atoms with Crippen LogP contribution in [0.5, 0.6) is 0 Å². The molecular formula is C23H23FN8O2. The molecule has 3 N–H and O–H groups in total. The van der Waals surface area contributed by atoms with E-state index in [1.54, 1.807) is 35.2 Å². The highest BCUT2D eigenvalue weighted by atomic mass is 19.1. The van der Waals surface area contributed by atoms with E-state index < -0.39 is 11.9 Å². The third-order valence-electron chi connectivity index (χ3n) is 5.95. The maximum atomic E-state index is 14.3. The van der Waals surface area contributed by atoms with E-state index in [2.05, 4.69) is 42.5 Å². The number of imidazole rings is 1. The molecule has 1 aliphatic heterocycles. The molecule has 5 rings (SSSR count). The average molecular weight is 462 g/mol. The van der Waals surface area contributed by atoms with E-state index in [0.29, 0.717) is 23.9 Å². The Labute approximate surface area is 194 Å². The van der Waals surface area contributed by atoms with Crippen molar-refractivity contribution in [3.05, 3.63) is 60.9 Å². The van der Waals surface area contributed by atoms with Gasteiger partial charge in [0.05, 0.1) is 29.3 Å². The van der Waals surface area contributed by atoms with Crippen LogP contribution in [0, 0.1) is 5.82 Å². The van der Waals surface area contributed by atoms with Crippen LogP contribution in [0.2, 0.25) is 0 Å². The Balaban J connectivity index is 1.47. The molecular weight excluding hydrogens is 439 g/mol. The van der Waals surface area contributed by atoms with Gasteiger partial charge in [-0.25, -0.2) is 14.2 Å². The van der Waals surface area contributed by atoms with Crippen molar-refractivity contribution in [3.63, 3.8) is 0 Å². The number of hydrogen-bond donors (Lipinski definition) is 3. The Bertz CT molecular complexity index is 1340. The highest BCUT2D eigenvalue weighted by Crippen LogP contribution is 2.32. The maximum absolute atomic E-state index is 14.3. The van der Waals surface area contributed by atoms with Crippen LogP contribution in [0.3, 0.4) is 0 Å². The van der Waals surface area contributed by atoms with Crippen LogP contribution >= 0.6 is 0 Å². The smallest absolute Gasteiger partial charge is 0.404 e. The van der Waals surface area contributed by atoms with E-state index in [9.17, 15) is 9.18 Å². The van der Waals surface area contributed by atoms with Gasteiger partial charge < -0.3 is 20.6 Å². The highest BCUT2D eigenvalue weighted by Gasteiger charge is 2.28. The van der Waals surface area contributed by atoms with E-state index >= 15 is 0 Å². The third-order valence-corrected chi connectivity index (χ3v) is 5.95. The van der Waals surface area contributed by atoms with Gasteiger partial charge in [-0.05, 0) is 50.1 Å². The molecule has 174 valence electrons. The van der Waals surface area contributed by atoms with Crippen molar-refractivity contribution in [1.29, 1.82) is 0 Å². The first-order chi connectivity index (χ1) is 16.5. The van der Waals surface area contributed by atoms with E-state index in [1.807, 2.05) is 6.07 Å². The van der Waals surface area contributed by atoms with Crippen molar-refractivity contribution >= 4 is 28.9 Å². The highest BCUT2D eigenvalue weighted by molar-refractivity contribution is 5.74. The molecule has 11 heteroatoms. The number of piperidine rings is 1. The number of nitrogens with one attached hydrogen (secondary N) is 2. The number of aromatic nitrogens is 5. The molecule has 1 saturated heterocycles. The Kier molecular flexibility index (Phi) is 5.66. The van der Waals surface area contributed by atoms with Crippen molar-refractivity contribution in [2.75, 3.05) is 16.8 Å². The van der Waals surface area contributed by atoms with E-state index in [0.717, 1.165) is 24.0 Å². The minimum atomic E-state index is -1.03. The molecule has 0 spiro atoms. The number of nitrogens with zero attached hydrogens (tertiary/aromatic N) is 6. The summed E-state index contributed by atoms with van der Waals surface area (Å²) in [5, 5.41) is 19.6. The predicted molar refractivity (Wildman–Crippen MR) is 125 cm³/mol. The fraction of sp³-hybridized carbons (Fsp3) is 0.261. The second-order valence-electron chi connectivity index (χ2n) is 8.21. The van der Waals surface area contributed by atoms with Crippen molar-refractivity contribution in [3.8, 4) is 11.4 Å². The molecule has 1 fully saturated rings. The number of amides is 1. The Morgan fingerprint density at radius 2 is 2.03 bits per heavy atom. The van der Waals surface area contributed by atoms with Gasteiger partial charge in [0.15, 0.2) is 5.82 Å². The molecule has 10 nitrogen and oxygen atoms in total. The van der Waals surface area contributed by atoms with Gasteiger partial charge in [0, 0.05) is 31.0 Å². The number of fused-ring (bicyclic) bond motifs is 1. The zero-order chi connectivity index (χ0) is 23.7. The number of anilines is 3. The Morgan fingerprint density at radius 3 is 2.85 bits per heavy atom. The first-order valence-electron chi connectivity index (χ1n) is 10.9. The Morgan fingerprint density at radius 1 is 1.15 bits per heavy atom. The summed E-state index contributed by atoms with van der Waals surface area (Å²) in [7, 11) is 0. The molecule has 0 aliphatic carbocycles. The standard InChI is InChI=1S/C23H23FN8O2/c1-14-4-5-15(28-23(33)34)13-31(14)20-8-10-25-12-19(20)29-22-27-11-16-6-7-18(30-32(16)22)21-17(24)3-2-9-26-21/h2-3,6-12,14-15,28H,4-5,13H2,1H3,(H,27,29)(H,33,34). The van der Waals surface area contributed by atoms with Crippen LogP contribution < -0.4 is 15.5 Å². The maximum Gasteiger partial charge on any atom is 0.404 e. The summed E-state index contributed by atoms with van der Waals surface area (Å²) in [6, 6.07) is 8.31. The van der Waals surface area contributed by atoms with Crippen molar-refractivity contribution < 1.29 is 14.3 Å². The van der Waals surface area contributed by atoms with Crippen LogP contribution in [0.1, 0.15) is 19.8 Å². The molecule has 5 heterocycles. The van der Waals surface area contributed by atoms with Gasteiger partial charge in [-0.15, -0.1) is 0 Å². The Hall–Kier alpha value is -4.28. The molecule has 2 atom stereocenters. The van der Waals surface area contributed by atoms with Crippen LogP contribution in [-0.2, 0) is 0 Å². The van der Waals surface area contributed by atoms with Crippen LogP contribution in [0.25, 0.3) is 16.9 Å². The number of halogens is 1. The summed E-state index contributed by atoms with van der Waals surface area (Å²) in [6.07, 6.45) is 7.18. The number of pyridine rings is 2. The normalized spacial score (nSPS) is 18.1. The fourth-order valence-electron chi connectivity index (χ4n) is 4.26. The van der Waals surface area contributed by atoms with Crippen molar-refractivity contribution in [2.24, 2.45) is 0 Å². The van der Waals surface area contributed by atoms with E-state index in [4.69, 9.17) is 5.11 Å². The van der Waals surface area contributed by atoms with Gasteiger partial charge in [-0.3, -0.25) is 9.97 Å². The number of rotatable bonds is 5. The third kappa shape index (κ3) is 4.19. The fourth-order valence-corrected chi connectivity index (χ4v) is 4.26. The van der Waals surface area contributed by atoms with E-state index in [1.165, 1.54) is 18.3 Å². The lowest BCUT2D eigenvalue weighted by Crippen LogP contribution is -2.51. The first-order valence-corrected chi connectivity index (χ1v) is 10.9. The monoisotopic (exact) mass is 462 g/mol. The molecule has 2 unspecified atom stereocenters. The quantitative estimate of drug-likeness (QED) is 0.411. The zero-order valence-corrected chi connectivity index (χ0v) is 18.4. The minimum Gasteiger partial charge on any atom is -0.465 e.